The van der Waals surface area contributed by atoms with Crippen LogP contribution in [0.15, 0.2) is 23.4 Å². The lowest BCUT2D eigenvalue weighted by molar-refractivity contribution is 0.0527. The third-order valence-corrected chi connectivity index (χ3v) is 1.65. The van der Waals surface area contributed by atoms with Gasteiger partial charge in [0.1, 0.15) is 5.69 Å². The normalized spacial score (nSPS) is 9.50. The van der Waals surface area contributed by atoms with Crippen molar-refractivity contribution in [3.8, 4) is 0 Å². The predicted molar refractivity (Wildman–Crippen MR) is 52.3 cm³/mol. The number of nitroso groups, excluding NO2 is 1. The summed E-state index contributed by atoms with van der Waals surface area (Å²) in [5, 5.41) is 2.70. The maximum Gasteiger partial charge on any atom is 0.340 e. The van der Waals surface area contributed by atoms with Gasteiger partial charge in [0.15, 0.2) is 0 Å². The van der Waals surface area contributed by atoms with Crippen molar-refractivity contribution in [1.29, 1.82) is 0 Å². The van der Waals surface area contributed by atoms with E-state index < -0.39 is 5.97 Å². The molecule has 0 heterocycles. The summed E-state index contributed by atoms with van der Waals surface area (Å²) >= 11 is 0. The molecule has 0 aliphatic rings. The Morgan fingerprint density at radius 1 is 1.57 bits per heavy atom. The Morgan fingerprint density at radius 2 is 2.29 bits per heavy atom. The Kier molecular flexibility index (Phi) is 3.17. The number of ether oxygens (including phenoxy) is 1. The van der Waals surface area contributed by atoms with Gasteiger partial charge in [-0.1, -0.05) is 6.07 Å². The molecule has 0 spiro atoms. The molecule has 1 rings (SSSR count). The van der Waals surface area contributed by atoms with Crippen LogP contribution in [-0.4, -0.2) is 12.6 Å². The molecular formula is C9H10N2O3. The van der Waals surface area contributed by atoms with Crippen molar-refractivity contribution in [2.75, 3.05) is 12.3 Å². The van der Waals surface area contributed by atoms with Crippen molar-refractivity contribution in [3.63, 3.8) is 0 Å². The molecule has 0 bridgehead atoms. The van der Waals surface area contributed by atoms with Crippen LogP contribution < -0.4 is 5.73 Å². The number of benzene rings is 1. The van der Waals surface area contributed by atoms with Crippen molar-refractivity contribution in [3.05, 3.63) is 28.7 Å². The number of nitrogens with two attached hydrogens (primary N) is 1. The zero-order chi connectivity index (χ0) is 10.6. The Bertz CT molecular complexity index is 363. The number of esters is 1. The van der Waals surface area contributed by atoms with Gasteiger partial charge in [-0.2, -0.15) is 0 Å². The minimum absolute atomic E-state index is 0.0639. The van der Waals surface area contributed by atoms with E-state index in [1.807, 2.05) is 0 Å². The number of hydrogen-bond donors (Lipinski definition) is 1. The fourth-order valence-corrected chi connectivity index (χ4v) is 1.04. The maximum atomic E-state index is 11.3. The van der Waals surface area contributed by atoms with Crippen LogP contribution in [0.4, 0.5) is 11.4 Å². The van der Waals surface area contributed by atoms with Crippen LogP contribution in [0, 0.1) is 4.91 Å². The van der Waals surface area contributed by atoms with E-state index in [9.17, 15) is 9.70 Å². The van der Waals surface area contributed by atoms with Gasteiger partial charge < -0.3 is 10.5 Å². The van der Waals surface area contributed by atoms with Crippen LogP contribution in [0.2, 0.25) is 0 Å². The fraction of sp³-hybridized carbons (Fsp3) is 0.222. The summed E-state index contributed by atoms with van der Waals surface area (Å²) in [5.74, 6) is -0.589. The molecule has 0 atom stereocenters. The van der Waals surface area contributed by atoms with E-state index >= 15 is 0 Å². The van der Waals surface area contributed by atoms with E-state index in [0.29, 0.717) is 0 Å². The Balaban J connectivity index is 3.13. The molecule has 0 aliphatic carbocycles. The number of hydrogen-bond acceptors (Lipinski definition) is 5. The molecule has 0 aromatic heterocycles. The summed E-state index contributed by atoms with van der Waals surface area (Å²) in [7, 11) is 0. The lowest BCUT2D eigenvalue weighted by atomic mass is 10.1. The summed E-state index contributed by atoms with van der Waals surface area (Å²) in [6, 6.07) is 4.51. The van der Waals surface area contributed by atoms with Gasteiger partial charge in [0.2, 0.25) is 0 Å². The standard InChI is InChI=1S/C9H10N2O3/c1-2-14-9(12)6-4-3-5-7(10)8(6)11-13/h3-5H,2,10H2,1H3. The van der Waals surface area contributed by atoms with Gasteiger partial charge in [-0.25, -0.2) is 4.79 Å². The van der Waals surface area contributed by atoms with Gasteiger partial charge >= 0.3 is 5.97 Å². The van der Waals surface area contributed by atoms with E-state index in [1.54, 1.807) is 13.0 Å². The highest BCUT2D eigenvalue weighted by Gasteiger charge is 2.14. The van der Waals surface area contributed by atoms with E-state index in [2.05, 4.69) is 5.18 Å². The minimum Gasteiger partial charge on any atom is -0.462 e. The van der Waals surface area contributed by atoms with Crippen LogP contribution in [-0.2, 0) is 4.74 Å². The molecule has 74 valence electrons. The second-order valence-corrected chi connectivity index (χ2v) is 2.56. The van der Waals surface area contributed by atoms with E-state index in [1.165, 1.54) is 12.1 Å². The summed E-state index contributed by atoms with van der Waals surface area (Å²) < 4.78 is 4.73. The number of carbonyl (C=O) groups is 1. The van der Waals surface area contributed by atoms with Gasteiger partial charge in [0.25, 0.3) is 0 Å². The SMILES string of the molecule is CCOC(=O)c1cccc(N)c1N=O. The van der Waals surface area contributed by atoms with Crippen molar-refractivity contribution >= 4 is 17.3 Å². The van der Waals surface area contributed by atoms with Gasteiger partial charge in [-0.3, -0.25) is 0 Å². The number of anilines is 1. The Labute approximate surface area is 80.8 Å². The van der Waals surface area contributed by atoms with Gasteiger partial charge in [-0.05, 0) is 24.2 Å². The minimum atomic E-state index is -0.589. The zero-order valence-corrected chi connectivity index (χ0v) is 7.69. The first-order valence-electron chi connectivity index (χ1n) is 4.09. The first kappa shape index (κ1) is 10.2. The van der Waals surface area contributed by atoms with E-state index in [-0.39, 0.29) is 23.5 Å². The summed E-state index contributed by atoms with van der Waals surface area (Å²) in [5.41, 5.74) is 5.67. The van der Waals surface area contributed by atoms with E-state index in [4.69, 9.17) is 10.5 Å². The van der Waals surface area contributed by atoms with Gasteiger partial charge in [-0.15, -0.1) is 4.91 Å². The Morgan fingerprint density at radius 3 is 2.86 bits per heavy atom. The second-order valence-electron chi connectivity index (χ2n) is 2.56. The molecule has 0 amide bonds. The van der Waals surface area contributed by atoms with Crippen LogP contribution in [0.5, 0.6) is 0 Å². The number of nitrogens with zero attached hydrogens (tertiary/aromatic N) is 1. The largest absolute Gasteiger partial charge is 0.462 e. The zero-order valence-electron chi connectivity index (χ0n) is 7.69. The van der Waals surface area contributed by atoms with Crippen LogP contribution in [0.1, 0.15) is 17.3 Å². The molecule has 0 fully saturated rings. The summed E-state index contributed by atoms with van der Waals surface area (Å²) in [6.07, 6.45) is 0. The van der Waals surface area contributed by atoms with Crippen molar-refractivity contribution in [2.45, 2.75) is 6.92 Å². The molecule has 1 aromatic carbocycles. The van der Waals surface area contributed by atoms with Crippen LogP contribution >= 0.6 is 0 Å². The summed E-state index contributed by atoms with van der Waals surface area (Å²) in [4.78, 5) is 21.7. The average Bonchev–Trinajstić information content (AvgIpc) is 2.17. The van der Waals surface area contributed by atoms with Crippen molar-refractivity contribution < 1.29 is 9.53 Å². The molecule has 0 unspecified atom stereocenters. The molecule has 5 heteroatoms. The Hall–Kier alpha value is -1.91. The van der Waals surface area contributed by atoms with Gasteiger partial charge in [0, 0.05) is 0 Å². The maximum absolute atomic E-state index is 11.3. The molecule has 0 saturated heterocycles. The number of carbonyl (C=O) groups excluding carboxylic acids is 1. The predicted octanol–water partition coefficient (Wildman–Crippen LogP) is 1.84. The highest BCUT2D eigenvalue weighted by Crippen LogP contribution is 2.26. The highest BCUT2D eigenvalue weighted by atomic mass is 16.5. The fourth-order valence-electron chi connectivity index (χ4n) is 1.04. The molecule has 0 saturated carbocycles. The summed E-state index contributed by atoms with van der Waals surface area (Å²) in [6.45, 7) is 1.92. The molecule has 5 nitrogen and oxygen atoms in total. The van der Waals surface area contributed by atoms with Crippen LogP contribution in [0.3, 0.4) is 0 Å². The van der Waals surface area contributed by atoms with Crippen LogP contribution in [0.25, 0.3) is 0 Å². The van der Waals surface area contributed by atoms with E-state index in [0.717, 1.165) is 0 Å². The molecule has 14 heavy (non-hydrogen) atoms. The topological polar surface area (TPSA) is 81.8 Å². The van der Waals surface area contributed by atoms with Crippen molar-refractivity contribution in [2.24, 2.45) is 5.18 Å². The quantitative estimate of drug-likeness (QED) is 0.452. The number of nitrogen functional groups attached to an aromatic ring is 1. The monoisotopic (exact) mass is 194 g/mol. The lowest BCUT2D eigenvalue weighted by Gasteiger charge is -2.04. The molecule has 0 aliphatic heterocycles. The molecular weight excluding hydrogens is 184 g/mol. The smallest absolute Gasteiger partial charge is 0.340 e. The third-order valence-electron chi connectivity index (χ3n) is 1.65. The average molecular weight is 194 g/mol. The lowest BCUT2D eigenvalue weighted by Crippen LogP contribution is -2.05. The third kappa shape index (κ3) is 1.87. The first-order valence-corrected chi connectivity index (χ1v) is 4.09. The number of rotatable bonds is 3. The van der Waals surface area contributed by atoms with Gasteiger partial charge in [0.05, 0.1) is 17.9 Å². The van der Waals surface area contributed by atoms with Crippen molar-refractivity contribution in [1.82, 2.24) is 0 Å². The molecule has 2 N–H and O–H groups in total. The second kappa shape index (κ2) is 4.36. The molecule has 0 radical (unpaired) electrons. The molecule has 1 aromatic rings. The first-order chi connectivity index (χ1) is 6.70. The highest BCUT2D eigenvalue weighted by molar-refractivity contribution is 5.97.